The number of nitrogens with zero attached hydrogens (tertiary/aromatic N) is 1. The molecule has 0 atom stereocenters. The largest absolute Gasteiger partial charge is 0.320 e. The molecule has 49 heavy (non-hydrogen) atoms. The molecule has 0 saturated heterocycles. The van der Waals surface area contributed by atoms with Crippen LogP contribution in [0.4, 0.5) is 0 Å². The van der Waals surface area contributed by atoms with Gasteiger partial charge in [0.15, 0.2) is 0 Å². The van der Waals surface area contributed by atoms with Gasteiger partial charge in [-0.15, -0.1) is 0 Å². The zero-order chi connectivity index (χ0) is 35.6. The highest BCUT2D eigenvalue weighted by atomic mass is 15.4. The number of benzene rings is 1. The monoisotopic (exact) mass is 683 g/mol. The third-order valence-electron chi connectivity index (χ3n) is 12.2. The molecule has 0 heterocycles. The molecule has 1 aromatic carbocycles. The normalized spacial score (nSPS) is 12.3. The van der Waals surface area contributed by atoms with Gasteiger partial charge in [-0.1, -0.05) is 237 Å². The van der Waals surface area contributed by atoms with Crippen LogP contribution in [-0.2, 0) is 5.54 Å². The number of hydrogen-bond acceptors (Lipinski definition) is 0. The smallest absolute Gasteiger partial charge is 0.124 e. The summed E-state index contributed by atoms with van der Waals surface area (Å²) in [5, 5.41) is 0. The Morgan fingerprint density at radius 3 is 0.918 bits per heavy atom. The molecule has 0 aliphatic carbocycles. The molecule has 0 bridgehead atoms. The first kappa shape index (κ1) is 46.2. The van der Waals surface area contributed by atoms with Gasteiger partial charge < -0.3 is 4.48 Å². The quantitative estimate of drug-likeness (QED) is 0.0481. The average Bonchev–Trinajstić information content (AvgIpc) is 3.11. The fraction of sp³-hybridized carbons (Fsp3) is 0.875. The topological polar surface area (TPSA) is 0 Å². The minimum absolute atomic E-state index is 0.250. The summed E-state index contributed by atoms with van der Waals surface area (Å²) in [5.74, 6) is 0. The first-order chi connectivity index (χ1) is 24.0. The highest BCUT2D eigenvalue weighted by Gasteiger charge is 2.45. The maximum atomic E-state index is 2.60. The zero-order valence-corrected chi connectivity index (χ0v) is 34.8. The van der Waals surface area contributed by atoms with Crippen LogP contribution < -0.4 is 0 Å². The maximum absolute atomic E-state index is 2.60. The molecule has 0 unspecified atom stereocenters. The Hall–Kier alpha value is -0.820. The van der Waals surface area contributed by atoms with Crippen LogP contribution in [0.2, 0.25) is 0 Å². The van der Waals surface area contributed by atoms with E-state index >= 15 is 0 Å². The molecule has 0 N–H and O–H groups in total. The molecule has 0 amide bonds. The highest BCUT2D eigenvalue weighted by Crippen LogP contribution is 2.43. The summed E-state index contributed by atoms with van der Waals surface area (Å²) in [4.78, 5) is 0. The molecule has 0 spiro atoms. The van der Waals surface area contributed by atoms with E-state index in [9.17, 15) is 0 Å². The Kier molecular flexibility index (Phi) is 31.2. The molecule has 0 aromatic heterocycles. The molecule has 0 saturated carbocycles. The van der Waals surface area contributed by atoms with Crippen molar-refractivity contribution in [2.45, 2.75) is 251 Å². The van der Waals surface area contributed by atoms with Gasteiger partial charge in [-0.2, -0.15) is 0 Å². The summed E-state index contributed by atoms with van der Waals surface area (Å²) < 4.78 is 1.17. The van der Waals surface area contributed by atoms with Crippen LogP contribution in [0.15, 0.2) is 30.3 Å². The minimum Gasteiger partial charge on any atom is -0.320 e. The second-order valence-corrected chi connectivity index (χ2v) is 16.9. The highest BCUT2D eigenvalue weighted by molar-refractivity contribution is 5.22. The molecule has 1 nitrogen and oxygen atoms in total. The van der Waals surface area contributed by atoms with E-state index in [1.807, 2.05) is 0 Å². The van der Waals surface area contributed by atoms with Gasteiger partial charge in [-0.25, -0.2) is 0 Å². The standard InChI is InChI=1S/C48H92N/c1-6-9-12-15-17-19-21-23-25-27-29-31-33-39-44-48(47-42-37-36-38-43-47,49(4,5)46-41-35-14-11-8-3)45-40-34-32-30-28-26-24-22-20-18-16-13-10-7-2/h36-38,42-43H,6-35,39-41,44-46H2,1-5H3/q+1. The van der Waals surface area contributed by atoms with Gasteiger partial charge in [0.05, 0.1) is 20.6 Å². The van der Waals surface area contributed by atoms with Crippen molar-refractivity contribution in [1.29, 1.82) is 0 Å². The number of quaternary nitrogens is 1. The van der Waals surface area contributed by atoms with E-state index in [0.29, 0.717) is 0 Å². The summed E-state index contributed by atoms with van der Waals surface area (Å²) in [5.41, 5.74) is 1.87. The second-order valence-electron chi connectivity index (χ2n) is 16.9. The molecule has 0 aliphatic heterocycles. The molecule has 1 heteroatoms. The summed E-state index contributed by atoms with van der Waals surface area (Å²) in [6, 6.07) is 11.9. The molecule has 288 valence electrons. The van der Waals surface area contributed by atoms with Crippen molar-refractivity contribution >= 4 is 0 Å². The minimum atomic E-state index is 0.250. The Balaban J connectivity index is 2.58. The Bertz CT molecular complexity index is 750. The van der Waals surface area contributed by atoms with Crippen LogP contribution in [0.25, 0.3) is 0 Å². The zero-order valence-electron chi connectivity index (χ0n) is 34.8. The molecular formula is C48H92N+. The van der Waals surface area contributed by atoms with Crippen molar-refractivity contribution in [3.05, 3.63) is 35.9 Å². The molecule has 0 aliphatic rings. The van der Waals surface area contributed by atoms with Crippen molar-refractivity contribution in [2.75, 3.05) is 20.6 Å². The molecule has 0 radical (unpaired) electrons. The van der Waals surface area contributed by atoms with Crippen LogP contribution >= 0.6 is 0 Å². The lowest BCUT2D eigenvalue weighted by Gasteiger charge is -2.50. The van der Waals surface area contributed by atoms with Gasteiger partial charge in [-0.3, -0.25) is 0 Å². The third-order valence-corrected chi connectivity index (χ3v) is 12.2. The van der Waals surface area contributed by atoms with Gasteiger partial charge in [0.1, 0.15) is 5.54 Å². The fourth-order valence-electron chi connectivity index (χ4n) is 8.67. The molecule has 1 aromatic rings. The van der Waals surface area contributed by atoms with Crippen LogP contribution in [0.1, 0.15) is 251 Å². The van der Waals surface area contributed by atoms with Crippen molar-refractivity contribution in [2.24, 2.45) is 0 Å². The van der Waals surface area contributed by atoms with E-state index in [2.05, 4.69) is 65.2 Å². The second kappa shape index (κ2) is 33.0. The van der Waals surface area contributed by atoms with Crippen LogP contribution in [0.3, 0.4) is 0 Å². The third kappa shape index (κ3) is 23.4. The van der Waals surface area contributed by atoms with Gasteiger partial charge in [-0.05, 0) is 25.7 Å². The van der Waals surface area contributed by atoms with Gasteiger partial charge in [0.25, 0.3) is 0 Å². The molecule has 1 rings (SSSR count). The molecule has 0 fully saturated rings. The number of unbranched alkanes of at least 4 members (excludes halogenated alkanes) is 30. The van der Waals surface area contributed by atoms with Crippen LogP contribution in [0, 0.1) is 0 Å². The lowest BCUT2D eigenvalue weighted by molar-refractivity contribution is -0.951. The first-order valence-corrected chi connectivity index (χ1v) is 22.9. The lowest BCUT2D eigenvalue weighted by atomic mass is 9.77. The number of hydrogen-bond donors (Lipinski definition) is 0. The Morgan fingerprint density at radius 2 is 0.612 bits per heavy atom. The summed E-state index contributed by atoms with van der Waals surface area (Å²) in [7, 11) is 5.20. The fourth-order valence-corrected chi connectivity index (χ4v) is 8.67. The van der Waals surface area contributed by atoms with E-state index < -0.39 is 0 Å². The van der Waals surface area contributed by atoms with E-state index in [1.54, 1.807) is 5.56 Å². The summed E-state index contributed by atoms with van der Waals surface area (Å²) >= 11 is 0. The number of rotatable bonds is 38. The average molecular weight is 683 g/mol. The van der Waals surface area contributed by atoms with Crippen LogP contribution in [0.5, 0.6) is 0 Å². The lowest BCUT2D eigenvalue weighted by Crippen LogP contribution is -2.57. The van der Waals surface area contributed by atoms with E-state index in [-0.39, 0.29) is 5.54 Å². The van der Waals surface area contributed by atoms with E-state index in [0.717, 1.165) is 0 Å². The van der Waals surface area contributed by atoms with Gasteiger partial charge in [0.2, 0.25) is 0 Å². The molecular weight excluding hydrogens is 591 g/mol. The van der Waals surface area contributed by atoms with E-state index in [1.165, 1.54) is 236 Å². The van der Waals surface area contributed by atoms with Gasteiger partial charge >= 0.3 is 0 Å². The Morgan fingerprint density at radius 1 is 0.347 bits per heavy atom. The van der Waals surface area contributed by atoms with Crippen molar-refractivity contribution < 1.29 is 4.48 Å². The summed E-state index contributed by atoms with van der Waals surface area (Å²) in [6.07, 6.45) is 50.0. The SMILES string of the molecule is CCCCCCCCCCCCCCCCC(CCCCCCCCCCCCCCCC)(c1ccccc1)[N+](C)(C)CCCCCCC. The van der Waals surface area contributed by atoms with Crippen molar-refractivity contribution in [1.82, 2.24) is 0 Å². The maximum Gasteiger partial charge on any atom is 0.124 e. The van der Waals surface area contributed by atoms with Crippen LogP contribution in [-0.4, -0.2) is 25.1 Å². The summed E-state index contributed by atoms with van der Waals surface area (Å²) in [6.45, 7) is 8.29. The first-order valence-electron chi connectivity index (χ1n) is 22.9. The predicted octanol–water partition coefficient (Wildman–Crippen LogP) is 16.7. The predicted molar refractivity (Wildman–Crippen MR) is 224 cm³/mol. The van der Waals surface area contributed by atoms with Crippen molar-refractivity contribution in [3.63, 3.8) is 0 Å². The Labute approximate surface area is 311 Å². The van der Waals surface area contributed by atoms with Crippen molar-refractivity contribution in [3.8, 4) is 0 Å². The van der Waals surface area contributed by atoms with E-state index in [4.69, 9.17) is 0 Å². The van der Waals surface area contributed by atoms with Gasteiger partial charge in [0, 0.05) is 18.4 Å².